The van der Waals surface area contributed by atoms with E-state index in [1.54, 1.807) is 0 Å². The first kappa shape index (κ1) is 19.5. The van der Waals surface area contributed by atoms with Gasteiger partial charge in [0.15, 0.2) is 0 Å². The largest absolute Gasteiger partial charge is 0.123 e. The Bertz CT molecular complexity index is 258. The van der Waals surface area contributed by atoms with Crippen molar-refractivity contribution in [3.05, 3.63) is 0 Å². The molecule has 0 nitrogen and oxygen atoms in total. The smallest absolute Gasteiger partial charge is 0.108 e. The lowest BCUT2D eigenvalue weighted by Gasteiger charge is -2.56. The molecule has 0 aromatic carbocycles. The normalized spacial score (nSPS) is 16.2. The van der Waals surface area contributed by atoms with Crippen LogP contribution >= 0.6 is 43.6 Å². The second-order valence-electron chi connectivity index (χ2n) is 7.82. The summed E-state index contributed by atoms with van der Waals surface area (Å²) in [5.74, 6) is 0. The maximum atomic E-state index is 2.88. The number of hydrogen-bond donors (Lipinski definition) is 0. The summed E-state index contributed by atoms with van der Waals surface area (Å²) in [4.78, 5) is 0. The third-order valence-corrected chi connectivity index (χ3v) is 127. The molecule has 0 saturated heterocycles. The van der Waals surface area contributed by atoms with E-state index in [9.17, 15) is 0 Å². The summed E-state index contributed by atoms with van der Waals surface area (Å²) in [6, 6.07) is 0. The van der Waals surface area contributed by atoms with Crippen LogP contribution in [0.2, 0.25) is 65.5 Å². The molecular weight excluding hydrogens is 514 g/mol. The van der Waals surface area contributed by atoms with Crippen molar-refractivity contribution in [1.82, 2.24) is 0 Å². The summed E-state index contributed by atoms with van der Waals surface area (Å²) in [5.41, 5.74) is 0. The Balaban J connectivity index is 5.73. The zero-order valence-electron chi connectivity index (χ0n) is 13.3. The Morgan fingerprint density at radius 1 is 0.412 bits per heavy atom. The van der Waals surface area contributed by atoms with Crippen LogP contribution in [0.4, 0.5) is 0 Å². The van der Waals surface area contributed by atoms with Gasteiger partial charge in [0.2, 0.25) is 0 Å². The highest BCUT2D eigenvalue weighted by atomic mass is 127. The van der Waals surface area contributed by atoms with Gasteiger partial charge in [0, 0.05) is 21.3 Å². The van der Waals surface area contributed by atoms with Gasteiger partial charge >= 0.3 is 0 Å². The third kappa shape index (κ3) is 3.42. The van der Waals surface area contributed by atoms with Crippen molar-refractivity contribution in [2.75, 3.05) is 0 Å². The molecule has 0 aromatic heterocycles. The van der Waals surface area contributed by atoms with E-state index in [1.807, 2.05) is 0 Å². The average molecular weight is 545 g/mol. The first-order valence-electron chi connectivity index (χ1n) is 6.38. The van der Waals surface area contributed by atoms with Crippen molar-refractivity contribution in [2.24, 2.45) is 0 Å². The molecule has 0 heterocycles. The van der Waals surface area contributed by atoms with Crippen molar-refractivity contribution < 1.29 is 0 Å². The highest BCUT2D eigenvalue weighted by Crippen LogP contribution is 2.42. The molecule has 0 aliphatic carbocycles. The van der Waals surface area contributed by atoms with Crippen molar-refractivity contribution in [1.29, 1.82) is 0 Å². The average Bonchev–Trinajstić information content (AvgIpc) is 1.98. The Morgan fingerprint density at radius 3 is 0.706 bits per heavy atom. The lowest BCUT2D eigenvalue weighted by Crippen LogP contribution is -2.82. The van der Waals surface area contributed by atoms with Gasteiger partial charge in [-0.05, 0) is 0 Å². The predicted molar refractivity (Wildman–Crippen MR) is 115 cm³/mol. The predicted octanol–water partition coefficient (Wildman–Crippen LogP) is 5.71. The van der Waals surface area contributed by atoms with Crippen LogP contribution in [0.15, 0.2) is 0 Å². The molecule has 17 heavy (non-hydrogen) atoms. The number of hydrogen-bond acceptors (Lipinski definition) is 0. The molecule has 0 N–H and O–H groups in total. The van der Waals surface area contributed by atoms with E-state index < -0.39 is 31.5 Å². The molecule has 7 heteroatoms. The monoisotopic (exact) mass is 544 g/mol. The van der Waals surface area contributed by atoms with Gasteiger partial charge in [0.05, 0.1) is 0 Å². The zero-order chi connectivity index (χ0) is 14.5. The molecule has 0 aliphatic rings. The van der Waals surface area contributed by atoms with Crippen LogP contribution in [-0.4, -0.2) is 31.5 Å². The van der Waals surface area contributed by atoms with Crippen LogP contribution in [0, 0.1) is 0 Å². The Labute approximate surface area is 139 Å². The summed E-state index contributed by atoms with van der Waals surface area (Å²) in [5, 5.41) is -1.97. The van der Waals surface area contributed by atoms with Gasteiger partial charge in [0.25, 0.3) is 0 Å². The van der Waals surface area contributed by atoms with Crippen molar-refractivity contribution in [2.45, 2.75) is 65.5 Å². The van der Waals surface area contributed by atoms with Crippen LogP contribution < -0.4 is 0 Å². The minimum Gasteiger partial charge on any atom is -0.123 e. The molecular formula is C10H30I2Si5. The standard InChI is InChI=1S/C10H30I2Si5/c1-13(2,11)15(5,6)17(9,10)16(7,8)14(3,4)12/h1-10H3. The molecule has 0 amide bonds. The minimum absolute atomic E-state index is 0.985. The highest BCUT2D eigenvalue weighted by Gasteiger charge is 2.62. The van der Waals surface area contributed by atoms with E-state index in [-0.39, 0.29) is 0 Å². The molecule has 0 rings (SSSR count). The van der Waals surface area contributed by atoms with Crippen molar-refractivity contribution >= 4 is 75.1 Å². The Hall–Kier alpha value is 2.54. The van der Waals surface area contributed by atoms with Crippen molar-refractivity contribution in [3.8, 4) is 0 Å². The molecule has 0 unspecified atom stereocenters. The molecule has 0 atom stereocenters. The van der Waals surface area contributed by atoms with Crippen LogP contribution in [-0.2, 0) is 0 Å². The molecule has 104 valence electrons. The van der Waals surface area contributed by atoms with Crippen LogP contribution in [0.5, 0.6) is 0 Å². The maximum Gasteiger partial charge on any atom is 0.108 e. The van der Waals surface area contributed by atoms with Crippen molar-refractivity contribution in [3.63, 3.8) is 0 Å². The molecule has 0 aliphatic heterocycles. The van der Waals surface area contributed by atoms with Gasteiger partial charge in [-0.15, -0.1) is 43.6 Å². The van der Waals surface area contributed by atoms with Gasteiger partial charge in [0.1, 0.15) is 10.2 Å². The molecule has 0 bridgehead atoms. The highest BCUT2D eigenvalue weighted by molar-refractivity contribution is 14.1. The first-order valence-corrected chi connectivity index (χ1v) is 31.6. The van der Waals surface area contributed by atoms with E-state index in [0.717, 1.165) is 0 Å². The number of rotatable bonds is 4. The quantitative estimate of drug-likeness (QED) is 0.242. The summed E-state index contributed by atoms with van der Waals surface area (Å²) < 4.78 is 0. The van der Waals surface area contributed by atoms with Crippen LogP contribution in [0.25, 0.3) is 0 Å². The minimum atomic E-state index is -1.04. The fourth-order valence-corrected chi connectivity index (χ4v) is 148. The lowest BCUT2D eigenvalue weighted by atomic mass is 11.9. The summed E-state index contributed by atoms with van der Waals surface area (Å²) in [6.45, 7) is 27.0. The summed E-state index contributed by atoms with van der Waals surface area (Å²) >= 11 is 5.77. The maximum absolute atomic E-state index is 2.88. The summed E-state index contributed by atoms with van der Waals surface area (Å²) in [7, 11) is -3.09. The van der Waals surface area contributed by atoms with Crippen LogP contribution in [0.3, 0.4) is 0 Å². The molecule has 0 spiro atoms. The molecule has 0 saturated carbocycles. The first-order chi connectivity index (χ1) is 7.00. The third-order valence-electron chi connectivity index (χ3n) is 6.10. The van der Waals surface area contributed by atoms with Gasteiger partial charge in [-0.2, -0.15) is 0 Å². The zero-order valence-corrected chi connectivity index (χ0v) is 22.6. The molecule has 0 radical (unpaired) electrons. The van der Waals surface area contributed by atoms with E-state index >= 15 is 0 Å². The number of halogens is 2. The van der Waals surface area contributed by atoms with E-state index in [4.69, 9.17) is 0 Å². The fraction of sp³-hybridized carbons (Fsp3) is 1.00. The van der Waals surface area contributed by atoms with Crippen LogP contribution in [0.1, 0.15) is 0 Å². The SMILES string of the molecule is C[Si](C)(I)[Si](C)(C)[Si](C)(C)[Si](C)(C)[Si](C)(C)I. The molecule has 0 aromatic rings. The Kier molecular flexibility index (Phi) is 6.20. The van der Waals surface area contributed by atoms with Gasteiger partial charge in [-0.1, -0.05) is 65.5 Å². The summed E-state index contributed by atoms with van der Waals surface area (Å²) in [6.07, 6.45) is 0. The van der Waals surface area contributed by atoms with Gasteiger partial charge in [-0.3, -0.25) is 0 Å². The second-order valence-corrected chi connectivity index (χ2v) is 80.2. The van der Waals surface area contributed by atoms with E-state index in [2.05, 4.69) is 109 Å². The van der Waals surface area contributed by atoms with Gasteiger partial charge in [-0.25, -0.2) is 0 Å². The fourth-order valence-electron chi connectivity index (χ4n) is 2.27. The van der Waals surface area contributed by atoms with Gasteiger partial charge < -0.3 is 0 Å². The van der Waals surface area contributed by atoms with E-state index in [1.165, 1.54) is 0 Å². The lowest BCUT2D eigenvalue weighted by molar-refractivity contribution is 1.79. The topological polar surface area (TPSA) is 0 Å². The second kappa shape index (κ2) is 5.39. The Morgan fingerprint density at radius 2 is 0.588 bits per heavy atom. The van der Waals surface area contributed by atoms with E-state index in [0.29, 0.717) is 0 Å². The molecule has 0 fully saturated rings.